The van der Waals surface area contributed by atoms with E-state index >= 15 is 0 Å². The molecular formula is C25H25N3O4. The number of aromatic nitrogens is 2. The first-order valence-corrected chi connectivity index (χ1v) is 10.4. The molecule has 4 aromatic rings. The highest BCUT2D eigenvalue weighted by molar-refractivity contribution is 5.91. The van der Waals surface area contributed by atoms with Crippen LogP contribution >= 0.6 is 0 Å². The maximum atomic E-state index is 12.7. The van der Waals surface area contributed by atoms with Gasteiger partial charge in [0.2, 0.25) is 0 Å². The predicted octanol–water partition coefficient (Wildman–Crippen LogP) is 5.14. The summed E-state index contributed by atoms with van der Waals surface area (Å²) in [6.07, 6.45) is 2.46. The molecule has 32 heavy (non-hydrogen) atoms. The number of ether oxygens (including phenoxy) is 2. The first kappa shape index (κ1) is 21.2. The molecule has 1 unspecified atom stereocenters. The van der Waals surface area contributed by atoms with Gasteiger partial charge in [0.1, 0.15) is 18.2 Å². The maximum Gasteiger partial charge on any atom is 0.287 e. The van der Waals surface area contributed by atoms with E-state index in [1.54, 1.807) is 25.4 Å². The SMILES string of the molecule is CCC(NC(=O)c1ccc(COc2ccccc2OC)o1)c1ncc(-c2ccccc2)[nH]1. The Bertz CT molecular complexity index is 1170. The number of amides is 1. The van der Waals surface area contributed by atoms with E-state index in [9.17, 15) is 4.79 Å². The molecule has 0 aliphatic carbocycles. The molecule has 0 radical (unpaired) electrons. The first-order valence-electron chi connectivity index (χ1n) is 10.4. The van der Waals surface area contributed by atoms with E-state index in [4.69, 9.17) is 13.9 Å². The number of para-hydroxylation sites is 2. The summed E-state index contributed by atoms with van der Waals surface area (Å²) in [4.78, 5) is 20.5. The van der Waals surface area contributed by atoms with E-state index in [2.05, 4.69) is 15.3 Å². The number of nitrogens with one attached hydrogen (secondary N) is 2. The molecule has 2 N–H and O–H groups in total. The number of nitrogens with zero attached hydrogens (tertiary/aromatic N) is 1. The number of carbonyl (C=O) groups excluding carboxylic acids is 1. The molecule has 0 aliphatic rings. The van der Waals surface area contributed by atoms with Crippen LogP contribution in [0.2, 0.25) is 0 Å². The highest BCUT2D eigenvalue weighted by Crippen LogP contribution is 2.27. The highest BCUT2D eigenvalue weighted by Gasteiger charge is 2.20. The van der Waals surface area contributed by atoms with E-state index in [1.165, 1.54) is 0 Å². The lowest BCUT2D eigenvalue weighted by molar-refractivity contribution is 0.0901. The molecule has 1 amide bonds. The van der Waals surface area contributed by atoms with Crippen molar-refractivity contribution in [3.8, 4) is 22.8 Å². The van der Waals surface area contributed by atoms with Crippen LogP contribution in [0.1, 0.15) is 41.5 Å². The summed E-state index contributed by atoms with van der Waals surface area (Å²) < 4.78 is 16.7. The molecule has 2 aromatic carbocycles. The van der Waals surface area contributed by atoms with E-state index in [1.807, 2.05) is 61.5 Å². The Morgan fingerprint density at radius 3 is 2.56 bits per heavy atom. The van der Waals surface area contributed by atoms with Crippen LogP contribution in [0.4, 0.5) is 0 Å². The number of benzene rings is 2. The predicted molar refractivity (Wildman–Crippen MR) is 121 cm³/mol. The number of rotatable bonds is 9. The smallest absolute Gasteiger partial charge is 0.287 e. The third kappa shape index (κ3) is 4.83. The first-order chi connectivity index (χ1) is 15.7. The number of H-pyrrole nitrogens is 1. The lowest BCUT2D eigenvalue weighted by Gasteiger charge is -2.13. The van der Waals surface area contributed by atoms with Crippen LogP contribution in [-0.2, 0) is 6.61 Å². The molecule has 1 atom stereocenters. The van der Waals surface area contributed by atoms with Gasteiger partial charge in [0.05, 0.1) is 25.0 Å². The zero-order chi connectivity index (χ0) is 22.3. The zero-order valence-corrected chi connectivity index (χ0v) is 18.0. The molecule has 0 aliphatic heterocycles. The second-order valence-corrected chi connectivity index (χ2v) is 7.19. The molecule has 7 heteroatoms. The molecule has 2 aromatic heterocycles. The van der Waals surface area contributed by atoms with E-state index in [0.717, 1.165) is 11.3 Å². The lowest BCUT2D eigenvalue weighted by atomic mass is 10.2. The van der Waals surface area contributed by atoms with Crippen molar-refractivity contribution >= 4 is 5.91 Å². The van der Waals surface area contributed by atoms with Gasteiger partial charge in [-0.2, -0.15) is 0 Å². The van der Waals surface area contributed by atoms with Gasteiger partial charge in [-0.25, -0.2) is 4.98 Å². The van der Waals surface area contributed by atoms with Crippen molar-refractivity contribution in [1.82, 2.24) is 15.3 Å². The van der Waals surface area contributed by atoms with Gasteiger partial charge in [-0.05, 0) is 36.2 Å². The Morgan fingerprint density at radius 2 is 1.81 bits per heavy atom. The summed E-state index contributed by atoms with van der Waals surface area (Å²) in [6, 6.07) is 20.4. The molecule has 0 bridgehead atoms. The van der Waals surface area contributed by atoms with Crippen molar-refractivity contribution in [2.24, 2.45) is 0 Å². The number of aromatic amines is 1. The third-order valence-electron chi connectivity index (χ3n) is 5.05. The topological polar surface area (TPSA) is 89.4 Å². The van der Waals surface area contributed by atoms with Crippen LogP contribution in [0.15, 0.2) is 77.3 Å². The van der Waals surface area contributed by atoms with Crippen molar-refractivity contribution in [3.63, 3.8) is 0 Å². The molecule has 0 spiro atoms. The van der Waals surface area contributed by atoms with E-state index in [0.29, 0.717) is 29.5 Å². The van der Waals surface area contributed by atoms with Crippen molar-refractivity contribution in [2.75, 3.05) is 7.11 Å². The molecule has 4 rings (SSSR count). The van der Waals surface area contributed by atoms with Crippen molar-refractivity contribution < 1.29 is 18.7 Å². The van der Waals surface area contributed by atoms with Crippen molar-refractivity contribution in [2.45, 2.75) is 26.0 Å². The van der Waals surface area contributed by atoms with Crippen molar-refractivity contribution in [3.05, 3.63) is 90.3 Å². The molecular weight excluding hydrogens is 406 g/mol. The summed E-state index contributed by atoms with van der Waals surface area (Å²) in [5.41, 5.74) is 1.94. The summed E-state index contributed by atoms with van der Waals surface area (Å²) in [7, 11) is 1.59. The number of imidazole rings is 1. The van der Waals surface area contributed by atoms with Gasteiger partial charge in [-0.15, -0.1) is 0 Å². The van der Waals surface area contributed by atoms with Gasteiger partial charge in [0, 0.05) is 0 Å². The van der Waals surface area contributed by atoms with Gasteiger partial charge in [-0.1, -0.05) is 49.4 Å². The average Bonchev–Trinajstić information content (AvgIpc) is 3.52. The van der Waals surface area contributed by atoms with E-state index in [-0.39, 0.29) is 24.3 Å². The lowest BCUT2D eigenvalue weighted by Crippen LogP contribution is -2.28. The molecule has 0 saturated heterocycles. The molecule has 0 saturated carbocycles. The zero-order valence-electron chi connectivity index (χ0n) is 18.0. The summed E-state index contributed by atoms with van der Waals surface area (Å²) in [5, 5.41) is 2.98. The Labute approximate surface area is 186 Å². The summed E-state index contributed by atoms with van der Waals surface area (Å²) in [6.45, 7) is 2.17. The molecule has 7 nitrogen and oxygen atoms in total. The second kappa shape index (κ2) is 9.87. The van der Waals surface area contributed by atoms with Gasteiger partial charge < -0.3 is 24.2 Å². The number of hydrogen-bond acceptors (Lipinski definition) is 5. The van der Waals surface area contributed by atoms with E-state index < -0.39 is 0 Å². The Kier molecular flexibility index (Phi) is 6.55. The normalized spacial score (nSPS) is 11.7. The largest absolute Gasteiger partial charge is 0.493 e. The maximum absolute atomic E-state index is 12.7. The third-order valence-corrected chi connectivity index (χ3v) is 5.05. The molecule has 0 fully saturated rings. The summed E-state index contributed by atoms with van der Waals surface area (Å²) >= 11 is 0. The minimum absolute atomic E-state index is 0.184. The fourth-order valence-electron chi connectivity index (χ4n) is 3.34. The Hall–Kier alpha value is -4.00. The van der Waals surface area contributed by atoms with Crippen LogP contribution < -0.4 is 14.8 Å². The number of furan rings is 1. The number of hydrogen-bond donors (Lipinski definition) is 2. The van der Waals surface area contributed by atoms with Gasteiger partial charge in [-0.3, -0.25) is 4.79 Å². The molecule has 164 valence electrons. The highest BCUT2D eigenvalue weighted by atomic mass is 16.5. The summed E-state index contributed by atoms with van der Waals surface area (Å²) in [5.74, 6) is 2.39. The van der Waals surface area contributed by atoms with Crippen LogP contribution in [0.25, 0.3) is 11.3 Å². The van der Waals surface area contributed by atoms with Gasteiger partial charge in [0.15, 0.2) is 17.3 Å². The number of carbonyl (C=O) groups is 1. The quantitative estimate of drug-likeness (QED) is 0.383. The standard InChI is InChI=1S/C25H25N3O4/c1-3-19(24-26-15-20(27-24)17-9-5-4-6-10-17)28-25(29)23-14-13-18(32-23)16-31-22-12-8-7-11-21(22)30-2/h4-15,19H,3,16H2,1-2H3,(H,26,27)(H,28,29). The average molecular weight is 431 g/mol. The van der Waals surface area contributed by atoms with Gasteiger partial charge in [0.25, 0.3) is 5.91 Å². The van der Waals surface area contributed by atoms with Crippen LogP contribution in [0.5, 0.6) is 11.5 Å². The van der Waals surface area contributed by atoms with Crippen LogP contribution in [-0.4, -0.2) is 23.0 Å². The minimum atomic E-state index is -0.307. The fraction of sp³-hybridized carbons (Fsp3) is 0.200. The Balaban J connectivity index is 1.39. The van der Waals surface area contributed by atoms with Crippen LogP contribution in [0, 0.1) is 0 Å². The Morgan fingerprint density at radius 1 is 1.06 bits per heavy atom. The second-order valence-electron chi connectivity index (χ2n) is 7.19. The molecule has 2 heterocycles. The monoisotopic (exact) mass is 431 g/mol. The van der Waals surface area contributed by atoms with Crippen LogP contribution in [0.3, 0.4) is 0 Å². The minimum Gasteiger partial charge on any atom is -0.493 e. The van der Waals surface area contributed by atoms with Crippen molar-refractivity contribution in [1.29, 1.82) is 0 Å². The van der Waals surface area contributed by atoms with Gasteiger partial charge >= 0.3 is 0 Å². The number of methoxy groups -OCH3 is 1. The fourth-order valence-corrected chi connectivity index (χ4v) is 3.34.